The zero-order chi connectivity index (χ0) is 24.3. The first-order chi connectivity index (χ1) is 16.9. The zero-order valence-electron chi connectivity index (χ0n) is 18.5. The number of carbonyl (C=O) groups is 1. The Hall–Kier alpha value is -3.42. The van der Waals surface area contributed by atoms with Gasteiger partial charge >= 0.3 is 0 Å². The van der Waals surface area contributed by atoms with Gasteiger partial charge in [-0.15, -0.1) is 0 Å². The molecule has 3 aromatic rings. The van der Waals surface area contributed by atoms with E-state index in [1.54, 1.807) is 15.6 Å². The van der Waals surface area contributed by atoms with Gasteiger partial charge in [0.25, 0.3) is 5.91 Å². The lowest BCUT2D eigenvalue weighted by molar-refractivity contribution is 0.0606. The van der Waals surface area contributed by atoms with E-state index < -0.39 is 22.8 Å². The van der Waals surface area contributed by atoms with Crippen LogP contribution in [0.25, 0.3) is 0 Å². The summed E-state index contributed by atoms with van der Waals surface area (Å²) in [5, 5.41) is 13.4. The van der Waals surface area contributed by atoms with Crippen LogP contribution in [-0.2, 0) is 0 Å². The average molecular weight is 510 g/mol. The van der Waals surface area contributed by atoms with E-state index in [1.165, 1.54) is 12.3 Å². The Kier molecular flexibility index (Phi) is 5.09. The second-order valence-corrected chi connectivity index (χ2v) is 9.73. The number of rotatable bonds is 1. The van der Waals surface area contributed by atoms with Crippen LogP contribution < -0.4 is 15.2 Å². The maximum Gasteiger partial charge on any atom is 0.278 e. The molecule has 0 saturated heterocycles. The molecule has 3 heterocycles. The van der Waals surface area contributed by atoms with Gasteiger partial charge in [-0.2, -0.15) is 0 Å². The third kappa shape index (κ3) is 3.41. The number of pyridine rings is 1. The number of halogens is 2. The number of hydrogen-bond acceptors (Lipinski definition) is 5. The van der Waals surface area contributed by atoms with Crippen molar-refractivity contribution in [3.8, 4) is 11.5 Å². The monoisotopic (exact) mass is 509 g/mol. The molecule has 1 fully saturated rings. The van der Waals surface area contributed by atoms with Crippen LogP contribution in [0.2, 0.25) is 10.0 Å². The first-order valence-corrected chi connectivity index (χ1v) is 12.0. The van der Waals surface area contributed by atoms with E-state index in [2.05, 4.69) is 0 Å². The molecule has 9 heteroatoms. The number of amides is 1. The third-order valence-electron chi connectivity index (χ3n) is 6.90. The number of hydrogen-bond donors (Lipinski definition) is 1. The van der Waals surface area contributed by atoms with Crippen molar-refractivity contribution < 1.29 is 14.6 Å². The van der Waals surface area contributed by atoms with Crippen LogP contribution >= 0.6 is 23.2 Å². The van der Waals surface area contributed by atoms with Crippen LogP contribution in [0.5, 0.6) is 11.5 Å². The second kappa shape index (κ2) is 8.07. The molecule has 1 amide bonds. The SMILES string of the molecule is O=C1c2c(O)c(=O)ccn2N2CN1C1(/C=C/COc3c(ccc(Cl)c3Cl)[C@@H]2c2ccccc2)CC1. The van der Waals surface area contributed by atoms with E-state index in [1.807, 2.05) is 53.6 Å². The fraction of sp³-hybridized carbons (Fsp3) is 0.231. The van der Waals surface area contributed by atoms with Gasteiger partial charge in [0, 0.05) is 17.8 Å². The van der Waals surface area contributed by atoms with Crippen molar-refractivity contribution in [2.75, 3.05) is 18.3 Å². The Labute approximate surface area is 211 Å². The predicted octanol–water partition coefficient (Wildman–Crippen LogP) is 4.48. The highest BCUT2D eigenvalue weighted by Gasteiger charge is 2.52. The largest absolute Gasteiger partial charge is 0.502 e. The highest BCUT2D eigenvalue weighted by molar-refractivity contribution is 6.43. The number of aromatic hydroxyl groups is 1. The first-order valence-electron chi connectivity index (χ1n) is 11.3. The molecule has 0 unspecified atom stereocenters. The number of carbonyl (C=O) groups excluding carboxylic acids is 1. The van der Waals surface area contributed by atoms with Crippen molar-refractivity contribution in [1.29, 1.82) is 0 Å². The molecule has 178 valence electrons. The summed E-state index contributed by atoms with van der Waals surface area (Å²) in [7, 11) is 0. The molecule has 2 aliphatic heterocycles. The topological polar surface area (TPSA) is 75.0 Å². The van der Waals surface area contributed by atoms with Crippen molar-refractivity contribution in [2.45, 2.75) is 24.4 Å². The van der Waals surface area contributed by atoms with E-state index >= 15 is 0 Å². The van der Waals surface area contributed by atoms with Crippen LogP contribution in [0.1, 0.15) is 40.5 Å². The Morgan fingerprint density at radius 2 is 1.80 bits per heavy atom. The van der Waals surface area contributed by atoms with Gasteiger partial charge in [-0.3, -0.25) is 19.3 Å². The van der Waals surface area contributed by atoms with Gasteiger partial charge in [0.15, 0.2) is 11.4 Å². The van der Waals surface area contributed by atoms with Crippen molar-refractivity contribution in [3.63, 3.8) is 0 Å². The molecule has 1 N–H and O–H groups in total. The van der Waals surface area contributed by atoms with Crippen molar-refractivity contribution in [1.82, 2.24) is 9.58 Å². The minimum atomic E-state index is -0.606. The van der Waals surface area contributed by atoms with E-state index in [-0.39, 0.29) is 24.9 Å². The predicted molar refractivity (Wildman–Crippen MR) is 133 cm³/mol. The molecule has 3 aliphatic rings. The lowest BCUT2D eigenvalue weighted by Gasteiger charge is -2.46. The minimum absolute atomic E-state index is 0.0638. The minimum Gasteiger partial charge on any atom is -0.502 e. The summed E-state index contributed by atoms with van der Waals surface area (Å²) in [6.07, 6.45) is 6.92. The molecule has 1 aliphatic carbocycles. The molecule has 35 heavy (non-hydrogen) atoms. The van der Waals surface area contributed by atoms with Gasteiger partial charge < -0.3 is 14.7 Å². The average Bonchev–Trinajstić information content (AvgIpc) is 3.65. The Morgan fingerprint density at radius 3 is 2.54 bits per heavy atom. The molecule has 1 saturated carbocycles. The van der Waals surface area contributed by atoms with Gasteiger partial charge in [-0.25, -0.2) is 0 Å². The Balaban J connectivity index is 1.67. The van der Waals surface area contributed by atoms with Gasteiger partial charge in [-0.1, -0.05) is 65.7 Å². The van der Waals surface area contributed by atoms with Gasteiger partial charge in [0.05, 0.1) is 10.6 Å². The molecule has 6 rings (SSSR count). The summed E-state index contributed by atoms with van der Waals surface area (Å²) in [4.78, 5) is 27.8. The van der Waals surface area contributed by atoms with E-state index in [0.29, 0.717) is 15.8 Å². The summed E-state index contributed by atoms with van der Waals surface area (Å²) in [6, 6.07) is 14.1. The molecule has 1 atom stereocenters. The summed E-state index contributed by atoms with van der Waals surface area (Å²) in [5.41, 5.74) is 0.467. The first kappa shape index (κ1) is 22.1. The number of fused-ring (bicyclic) bond motifs is 6. The van der Waals surface area contributed by atoms with Crippen molar-refractivity contribution in [3.05, 3.63) is 104 Å². The fourth-order valence-corrected chi connectivity index (χ4v) is 5.37. The lowest BCUT2D eigenvalue weighted by Crippen LogP contribution is -2.58. The maximum atomic E-state index is 13.7. The highest BCUT2D eigenvalue weighted by Crippen LogP contribution is 2.48. The summed E-state index contributed by atoms with van der Waals surface area (Å²) in [6.45, 7) is 0.464. The van der Waals surface area contributed by atoms with E-state index in [4.69, 9.17) is 27.9 Å². The fourth-order valence-electron chi connectivity index (χ4n) is 4.99. The number of benzene rings is 2. The van der Waals surface area contributed by atoms with E-state index in [0.717, 1.165) is 24.0 Å². The van der Waals surface area contributed by atoms with Crippen LogP contribution in [0.3, 0.4) is 0 Å². The smallest absolute Gasteiger partial charge is 0.278 e. The molecule has 0 radical (unpaired) electrons. The molecular weight excluding hydrogens is 489 g/mol. The zero-order valence-corrected chi connectivity index (χ0v) is 20.0. The van der Waals surface area contributed by atoms with Crippen LogP contribution in [0.4, 0.5) is 0 Å². The second-order valence-electron chi connectivity index (χ2n) is 8.95. The van der Waals surface area contributed by atoms with Gasteiger partial charge in [0.2, 0.25) is 5.43 Å². The Bertz CT molecular complexity index is 1430. The van der Waals surface area contributed by atoms with Crippen LogP contribution in [-0.4, -0.2) is 39.4 Å². The summed E-state index contributed by atoms with van der Waals surface area (Å²) in [5.74, 6) is -0.515. The molecule has 1 aromatic heterocycles. The highest BCUT2D eigenvalue weighted by atomic mass is 35.5. The molecular formula is C26H21Cl2N3O4. The number of ether oxygens (including phenoxy) is 1. The van der Waals surface area contributed by atoms with Gasteiger partial charge in [0.1, 0.15) is 30.1 Å². The quantitative estimate of drug-likeness (QED) is 0.489. The normalized spacial score (nSPS) is 21.0. The third-order valence-corrected chi connectivity index (χ3v) is 7.69. The molecule has 1 spiro atoms. The lowest BCUT2D eigenvalue weighted by atomic mass is 9.96. The van der Waals surface area contributed by atoms with Crippen molar-refractivity contribution >= 4 is 29.1 Å². The Morgan fingerprint density at radius 1 is 1.03 bits per heavy atom. The van der Waals surface area contributed by atoms with Gasteiger partial charge in [-0.05, 0) is 30.5 Å². The van der Waals surface area contributed by atoms with E-state index in [9.17, 15) is 14.7 Å². The number of aromatic nitrogens is 1. The molecule has 2 bridgehead atoms. The van der Waals surface area contributed by atoms with Crippen LogP contribution in [0.15, 0.2) is 71.7 Å². The van der Waals surface area contributed by atoms with Crippen LogP contribution in [0, 0.1) is 0 Å². The maximum absolute atomic E-state index is 13.7. The standard InChI is InChI=1S/C26H21Cl2N3O4/c27-18-8-7-17-21(16-5-2-1-3-6-16)31-15-29(25(34)22-23(33)19(32)9-13-30(22)31)26(11-12-26)10-4-14-35-24(17)20(18)28/h1-10,13,21,33H,11-12,14-15H2/b10-4+/t21-/m0/s1. The van der Waals surface area contributed by atoms with Crippen molar-refractivity contribution in [2.24, 2.45) is 0 Å². The summed E-state index contributed by atoms with van der Waals surface area (Å²) >= 11 is 13.0. The molecule has 7 nitrogen and oxygen atoms in total. The molecule has 2 aromatic carbocycles. The summed E-state index contributed by atoms with van der Waals surface area (Å²) < 4.78 is 7.73. The number of nitrogens with zero attached hydrogens (tertiary/aromatic N) is 3.